The molecule has 136 valence electrons. The van der Waals surface area contributed by atoms with Crippen LogP contribution >= 0.6 is 0 Å². The van der Waals surface area contributed by atoms with E-state index in [0.717, 1.165) is 17.7 Å². The lowest BCUT2D eigenvalue weighted by molar-refractivity contribution is 0.0631. The van der Waals surface area contributed by atoms with E-state index in [4.69, 9.17) is 4.42 Å². The lowest BCUT2D eigenvalue weighted by Crippen LogP contribution is -2.32. The summed E-state index contributed by atoms with van der Waals surface area (Å²) in [7, 11) is 0. The van der Waals surface area contributed by atoms with Crippen LogP contribution in [0.3, 0.4) is 0 Å². The van der Waals surface area contributed by atoms with Crippen LogP contribution in [0.25, 0.3) is 0 Å². The summed E-state index contributed by atoms with van der Waals surface area (Å²) in [5.41, 5.74) is 1.04. The summed E-state index contributed by atoms with van der Waals surface area (Å²) < 4.78 is 5.23. The molecule has 0 saturated carbocycles. The molecular formula is C20H22N2O4. The van der Waals surface area contributed by atoms with Gasteiger partial charge in [-0.25, -0.2) is 0 Å². The molecule has 0 aliphatic carbocycles. The quantitative estimate of drug-likeness (QED) is 0.715. The second-order valence-electron chi connectivity index (χ2n) is 6.33. The van der Waals surface area contributed by atoms with Crippen molar-refractivity contribution in [3.8, 4) is 0 Å². The number of hydrogen-bond acceptors (Lipinski definition) is 4. The zero-order valence-corrected chi connectivity index (χ0v) is 15.0. The van der Waals surface area contributed by atoms with Crippen LogP contribution in [0.2, 0.25) is 0 Å². The van der Waals surface area contributed by atoms with Crippen molar-refractivity contribution in [1.29, 1.82) is 0 Å². The molecule has 1 aliphatic rings. The molecule has 2 heterocycles. The summed E-state index contributed by atoms with van der Waals surface area (Å²) in [5.74, 6) is -0.331. The van der Waals surface area contributed by atoms with Crippen LogP contribution in [0.1, 0.15) is 63.5 Å². The maximum absolute atomic E-state index is 12.8. The van der Waals surface area contributed by atoms with Crippen molar-refractivity contribution in [3.05, 3.63) is 59.0 Å². The number of nitrogens with zero attached hydrogens (tertiary/aromatic N) is 2. The third-order valence-electron chi connectivity index (χ3n) is 4.39. The zero-order valence-electron chi connectivity index (χ0n) is 15.0. The van der Waals surface area contributed by atoms with Gasteiger partial charge in [-0.05, 0) is 43.2 Å². The van der Waals surface area contributed by atoms with Crippen LogP contribution in [-0.2, 0) is 6.54 Å². The molecule has 0 unspecified atom stereocenters. The minimum Gasteiger partial charge on any atom is -0.467 e. The Morgan fingerprint density at radius 2 is 1.73 bits per heavy atom. The monoisotopic (exact) mass is 354 g/mol. The number of rotatable bonds is 7. The third-order valence-corrected chi connectivity index (χ3v) is 4.39. The standard InChI is InChI=1S/C20H22N2O4/c1-3-9-21(10-4-2)18(23)14-7-8-16-17(12-14)20(25)22(19(16)24)13-15-6-5-11-26-15/h5-8,11-12H,3-4,9-10,13H2,1-2H3. The highest BCUT2D eigenvalue weighted by molar-refractivity contribution is 6.22. The topological polar surface area (TPSA) is 70.8 Å². The van der Waals surface area contributed by atoms with Crippen LogP contribution in [0, 0.1) is 0 Å². The van der Waals surface area contributed by atoms with Gasteiger partial charge in [-0.2, -0.15) is 0 Å². The van der Waals surface area contributed by atoms with Gasteiger partial charge in [0.05, 0.1) is 23.9 Å². The van der Waals surface area contributed by atoms with Gasteiger partial charge in [0, 0.05) is 18.7 Å². The molecule has 3 rings (SSSR count). The summed E-state index contributed by atoms with van der Waals surface area (Å²) in [6.45, 7) is 5.46. The first-order chi connectivity index (χ1) is 12.6. The van der Waals surface area contributed by atoms with Gasteiger partial charge in [-0.1, -0.05) is 13.8 Å². The molecule has 1 aromatic heterocycles. The van der Waals surface area contributed by atoms with Gasteiger partial charge in [0.1, 0.15) is 5.76 Å². The summed E-state index contributed by atoms with van der Waals surface area (Å²) in [6.07, 6.45) is 3.23. The van der Waals surface area contributed by atoms with Crippen LogP contribution in [-0.4, -0.2) is 40.6 Å². The molecule has 26 heavy (non-hydrogen) atoms. The molecule has 0 N–H and O–H groups in total. The fourth-order valence-corrected chi connectivity index (χ4v) is 3.16. The second kappa shape index (κ2) is 7.56. The molecule has 0 saturated heterocycles. The number of furan rings is 1. The van der Waals surface area contributed by atoms with E-state index in [2.05, 4.69) is 0 Å². The number of carbonyl (C=O) groups is 3. The lowest BCUT2D eigenvalue weighted by Gasteiger charge is -2.21. The highest BCUT2D eigenvalue weighted by Gasteiger charge is 2.36. The zero-order chi connectivity index (χ0) is 18.7. The van der Waals surface area contributed by atoms with Crippen molar-refractivity contribution < 1.29 is 18.8 Å². The number of imide groups is 1. The van der Waals surface area contributed by atoms with Crippen LogP contribution in [0.4, 0.5) is 0 Å². The Hall–Kier alpha value is -2.89. The first-order valence-electron chi connectivity index (χ1n) is 8.88. The minimum atomic E-state index is -0.395. The average Bonchev–Trinajstić information content (AvgIpc) is 3.24. The Morgan fingerprint density at radius 1 is 1.04 bits per heavy atom. The molecule has 3 amide bonds. The van der Waals surface area contributed by atoms with E-state index < -0.39 is 5.91 Å². The highest BCUT2D eigenvalue weighted by atomic mass is 16.3. The minimum absolute atomic E-state index is 0.0838. The molecule has 2 aromatic rings. The van der Waals surface area contributed by atoms with Crippen molar-refractivity contribution in [3.63, 3.8) is 0 Å². The Balaban J connectivity index is 1.86. The number of amides is 3. The van der Waals surface area contributed by atoms with Crippen molar-refractivity contribution in [2.75, 3.05) is 13.1 Å². The maximum atomic E-state index is 12.8. The molecule has 0 bridgehead atoms. The fourth-order valence-electron chi connectivity index (χ4n) is 3.16. The molecule has 0 fully saturated rings. The van der Waals surface area contributed by atoms with E-state index in [-0.39, 0.29) is 23.9 Å². The lowest BCUT2D eigenvalue weighted by atomic mass is 10.0. The molecule has 1 aliphatic heterocycles. The van der Waals surface area contributed by atoms with Gasteiger partial charge in [-0.3, -0.25) is 19.3 Å². The second-order valence-corrected chi connectivity index (χ2v) is 6.33. The van der Waals surface area contributed by atoms with Gasteiger partial charge in [0.15, 0.2) is 0 Å². The van der Waals surface area contributed by atoms with Gasteiger partial charge in [0.2, 0.25) is 0 Å². The predicted molar refractivity (Wildman–Crippen MR) is 95.8 cm³/mol. The first kappa shape index (κ1) is 17.9. The van der Waals surface area contributed by atoms with Crippen LogP contribution in [0.15, 0.2) is 41.0 Å². The predicted octanol–water partition coefficient (Wildman–Crippen LogP) is 3.34. The largest absolute Gasteiger partial charge is 0.467 e. The number of benzene rings is 1. The summed E-state index contributed by atoms with van der Waals surface area (Å²) in [5, 5.41) is 0. The van der Waals surface area contributed by atoms with Gasteiger partial charge in [0.25, 0.3) is 17.7 Å². The van der Waals surface area contributed by atoms with Crippen LogP contribution in [0.5, 0.6) is 0 Å². The van der Waals surface area contributed by atoms with E-state index in [1.165, 1.54) is 6.26 Å². The van der Waals surface area contributed by atoms with E-state index in [9.17, 15) is 14.4 Å². The molecule has 0 radical (unpaired) electrons. The smallest absolute Gasteiger partial charge is 0.261 e. The number of hydrogen-bond donors (Lipinski definition) is 0. The van der Waals surface area contributed by atoms with Crippen molar-refractivity contribution >= 4 is 17.7 Å². The van der Waals surface area contributed by atoms with E-state index in [1.807, 2.05) is 13.8 Å². The Morgan fingerprint density at radius 3 is 2.35 bits per heavy atom. The van der Waals surface area contributed by atoms with E-state index in [1.54, 1.807) is 35.2 Å². The molecule has 0 atom stereocenters. The first-order valence-corrected chi connectivity index (χ1v) is 8.88. The van der Waals surface area contributed by atoms with Gasteiger partial charge < -0.3 is 9.32 Å². The number of fused-ring (bicyclic) bond motifs is 1. The maximum Gasteiger partial charge on any atom is 0.261 e. The molecule has 1 aromatic carbocycles. The van der Waals surface area contributed by atoms with Crippen molar-refractivity contribution in [2.45, 2.75) is 33.2 Å². The fraction of sp³-hybridized carbons (Fsp3) is 0.350. The highest BCUT2D eigenvalue weighted by Crippen LogP contribution is 2.26. The summed E-state index contributed by atoms with van der Waals surface area (Å²) in [4.78, 5) is 40.9. The number of carbonyl (C=O) groups excluding carboxylic acids is 3. The molecule has 6 heteroatoms. The normalized spacial score (nSPS) is 13.2. The van der Waals surface area contributed by atoms with Crippen molar-refractivity contribution in [1.82, 2.24) is 9.80 Å². The molecular weight excluding hydrogens is 332 g/mol. The molecule has 0 spiro atoms. The van der Waals surface area contributed by atoms with Crippen molar-refractivity contribution in [2.24, 2.45) is 0 Å². The Kier molecular flexibility index (Phi) is 5.21. The van der Waals surface area contributed by atoms with E-state index in [0.29, 0.717) is 30.0 Å². The Labute approximate surface area is 152 Å². The van der Waals surface area contributed by atoms with Gasteiger partial charge in [-0.15, -0.1) is 0 Å². The van der Waals surface area contributed by atoms with Crippen LogP contribution < -0.4 is 0 Å². The summed E-state index contributed by atoms with van der Waals surface area (Å²) >= 11 is 0. The SMILES string of the molecule is CCCN(CCC)C(=O)c1ccc2c(c1)C(=O)N(Cc1ccco1)C2=O. The van der Waals surface area contributed by atoms with Gasteiger partial charge >= 0.3 is 0 Å². The third kappa shape index (κ3) is 3.27. The summed E-state index contributed by atoms with van der Waals surface area (Å²) in [6, 6.07) is 8.16. The van der Waals surface area contributed by atoms with E-state index >= 15 is 0 Å². The molecule has 6 nitrogen and oxygen atoms in total. The Bertz CT molecular complexity index is 820. The average molecular weight is 354 g/mol.